The van der Waals surface area contributed by atoms with Gasteiger partial charge in [0, 0.05) is 12.1 Å². The smallest absolute Gasteiger partial charge is 0.120 e. The van der Waals surface area contributed by atoms with Crippen molar-refractivity contribution in [1.29, 1.82) is 0 Å². The number of piperidine rings is 1. The maximum absolute atomic E-state index is 9.73. The molecule has 0 saturated carbocycles. The molecule has 3 N–H and O–H groups in total. The minimum Gasteiger partial charge on any atom is -0.508 e. The van der Waals surface area contributed by atoms with Gasteiger partial charge in [0.1, 0.15) is 5.75 Å². The van der Waals surface area contributed by atoms with Gasteiger partial charge in [-0.25, -0.2) is 0 Å². The first-order chi connectivity index (χ1) is 8.29. The van der Waals surface area contributed by atoms with E-state index in [0.717, 1.165) is 44.1 Å². The molecule has 1 aromatic carbocycles. The Kier molecular flexibility index (Phi) is 4.40. The highest BCUT2D eigenvalue weighted by atomic mass is 16.3. The van der Waals surface area contributed by atoms with Crippen molar-refractivity contribution in [3.8, 4) is 5.75 Å². The summed E-state index contributed by atoms with van der Waals surface area (Å²) < 4.78 is 0. The van der Waals surface area contributed by atoms with E-state index in [1.54, 1.807) is 6.07 Å². The molecule has 2 rings (SSSR count). The van der Waals surface area contributed by atoms with Gasteiger partial charge in [0.15, 0.2) is 0 Å². The Bertz CT molecular complexity index is 346. The lowest BCUT2D eigenvalue weighted by Gasteiger charge is -2.31. The number of hydrogen-bond acceptors (Lipinski definition) is 3. The second kappa shape index (κ2) is 6.03. The normalized spacial score (nSPS) is 18.4. The second-order valence-electron chi connectivity index (χ2n) is 4.93. The van der Waals surface area contributed by atoms with Crippen molar-refractivity contribution in [1.82, 2.24) is 4.90 Å². The lowest BCUT2D eigenvalue weighted by Crippen LogP contribution is -2.33. The quantitative estimate of drug-likeness (QED) is 0.837. The predicted octanol–water partition coefficient (Wildman–Crippen LogP) is 1.95. The largest absolute Gasteiger partial charge is 0.508 e. The third-order valence-electron chi connectivity index (χ3n) is 3.67. The van der Waals surface area contributed by atoms with Crippen molar-refractivity contribution in [3.63, 3.8) is 0 Å². The molecule has 1 aliphatic heterocycles. The summed E-state index contributed by atoms with van der Waals surface area (Å²) in [6.45, 7) is 3.92. The van der Waals surface area contributed by atoms with Crippen LogP contribution in [-0.4, -0.2) is 29.6 Å². The Balaban J connectivity index is 1.84. The second-order valence-corrected chi connectivity index (χ2v) is 4.93. The van der Waals surface area contributed by atoms with Crippen molar-refractivity contribution in [2.45, 2.75) is 25.8 Å². The van der Waals surface area contributed by atoms with Crippen LogP contribution in [0.15, 0.2) is 24.3 Å². The van der Waals surface area contributed by atoms with E-state index in [1.165, 1.54) is 12.8 Å². The summed E-state index contributed by atoms with van der Waals surface area (Å²) in [5.41, 5.74) is 6.62. The lowest BCUT2D eigenvalue weighted by molar-refractivity contribution is 0.172. The van der Waals surface area contributed by atoms with Crippen LogP contribution in [0.2, 0.25) is 0 Å². The number of rotatable bonds is 4. The molecule has 17 heavy (non-hydrogen) atoms. The molecule has 0 bridgehead atoms. The number of benzene rings is 1. The van der Waals surface area contributed by atoms with Gasteiger partial charge in [-0.1, -0.05) is 18.2 Å². The van der Waals surface area contributed by atoms with Gasteiger partial charge >= 0.3 is 0 Å². The van der Waals surface area contributed by atoms with Gasteiger partial charge in [-0.15, -0.1) is 0 Å². The van der Waals surface area contributed by atoms with Crippen molar-refractivity contribution in [2.75, 3.05) is 19.6 Å². The standard InChI is InChI=1S/C14H22N2O/c15-8-5-12-6-9-16(10-7-12)11-13-3-1-2-4-14(13)17/h1-4,12,17H,5-11,15H2. The molecule has 1 saturated heterocycles. The zero-order valence-corrected chi connectivity index (χ0v) is 10.3. The van der Waals surface area contributed by atoms with Gasteiger partial charge in [0.25, 0.3) is 0 Å². The Morgan fingerprint density at radius 3 is 2.59 bits per heavy atom. The van der Waals surface area contributed by atoms with Crippen LogP contribution in [0.1, 0.15) is 24.8 Å². The Labute approximate surface area is 103 Å². The summed E-state index contributed by atoms with van der Waals surface area (Å²) in [5, 5.41) is 9.73. The number of hydrogen-bond donors (Lipinski definition) is 2. The molecule has 0 aliphatic carbocycles. The summed E-state index contributed by atoms with van der Waals surface area (Å²) in [6, 6.07) is 7.61. The summed E-state index contributed by atoms with van der Waals surface area (Å²) in [4.78, 5) is 2.42. The highest BCUT2D eigenvalue weighted by Gasteiger charge is 2.19. The first kappa shape index (κ1) is 12.4. The fraction of sp³-hybridized carbons (Fsp3) is 0.571. The lowest BCUT2D eigenvalue weighted by atomic mass is 9.93. The molecule has 0 unspecified atom stereocenters. The molecule has 94 valence electrons. The van der Waals surface area contributed by atoms with Crippen LogP contribution in [0.4, 0.5) is 0 Å². The number of aromatic hydroxyl groups is 1. The highest BCUT2D eigenvalue weighted by molar-refractivity contribution is 5.31. The molecular weight excluding hydrogens is 212 g/mol. The first-order valence-electron chi connectivity index (χ1n) is 6.49. The number of nitrogens with zero attached hydrogens (tertiary/aromatic N) is 1. The molecular formula is C14H22N2O. The third kappa shape index (κ3) is 3.45. The summed E-state index contributed by atoms with van der Waals surface area (Å²) in [6.07, 6.45) is 3.64. The fourth-order valence-corrected chi connectivity index (χ4v) is 2.55. The van der Waals surface area contributed by atoms with E-state index < -0.39 is 0 Å². The van der Waals surface area contributed by atoms with Gasteiger partial charge in [0.2, 0.25) is 0 Å². The SMILES string of the molecule is NCCC1CCN(Cc2ccccc2O)CC1. The van der Waals surface area contributed by atoms with Gasteiger partial charge in [0.05, 0.1) is 0 Å². The highest BCUT2D eigenvalue weighted by Crippen LogP contribution is 2.23. The number of phenolic OH excluding ortho intramolecular Hbond substituents is 1. The van der Waals surface area contributed by atoms with Gasteiger partial charge < -0.3 is 10.8 Å². The number of likely N-dealkylation sites (tertiary alicyclic amines) is 1. The number of nitrogens with two attached hydrogens (primary N) is 1. The number of para-hydroxylation sites is 1. The van der Waals surface area contributed by atoms with Crippen molar-refractivity contribution < 1.29 is 5.11 Å². The minimum absolute atomic E-state index is 0.414. The van der Waals surface area contributed by atoms with Gasteiger partial charge in [-0.2, -0.15) is 0 Å². The molecule has 1 aliphatic rings. The van der Waals surface area contributed by atoms with Gasteiger partial charge in [-0.3, -0.25) is 4.90 Å². The average molecular weight is 234 g/mol. The maximum Gasteiger partial charge on any atom is 0.120 e. The van der Waals surface area contributed by atoms with E-state index in [0.29, 0.717) is 5.75 Å². The third-order valence-corrected chi connectivity index (χ3v) is 3.67. The summed E-state index contributed by atoms with van der Waals surface area (Å²) in [7, 11) is 0. The predicted molar refractivity (Wildman–Crippen MR) is 69.8 cm³/mol. The fourth-order valence-electron chi connectivity index (χ4n) is 2.55. The van der Waals surface area contributed by atoms with E-state index in [1.807, 2.05) is 18.2 Å². The zero-order chi connectivity index (χ0) is 12.1. The summed E-state index contributed by atoms with van der Waals surface area (Å²) >= 11 is 0. The molecule has 0 aromatic heterocycles. The van der Waals surface area contributed by atoms with Crippen molar-refractivity contribution in [3.05, 3.63) is 29.8 Å². The zero-order valence-electron chi connectivity index (χ0n) is 10.3. The Morgan fingerprint density at radius 1 is 1.24 bits per heavy atom. The van der Waals surface area contributed by atoms with Crippen LogP contribution < -0.4 is 5.73 Å². The molecule has 1 heterocycles. The van der Waals surface area contributed by atoms with E-state index in [9.17, 15) is 5.11 Å². The molecule has 0 radical (unpaired) electrons. The summed E-state index contributed by atoms with van der Waals surface area (Å²) in [5.74, 6) is 1.22. The van der Waals surface area contributed by atoms with Crippen LogP contribution in [0, 0.1) is 5.92 Å². The van der Waals surface area contributed by atoms with Gasteiger partial charge in [-0.05, 0) is 50.9 Å². The van der Waals surface area contributed by atoms with E-state index >= 15 is 0 Å². The van der Waals surface area contributed by atoms with E-state index in [-0.39, 0.29) is 0 Å². The number of phenols is 1. The molecule has 0 atom stereocenters. The van der Waals surface area contributed by atoms with Crippen LogP contribution in [-0.2, 0) is 6.54 Å². The van der Waals surface area contributed by atoms with E-state index in [4.69, 9.17) is 5.73 Å². The molecule has 1 aromatic rings. The average Bonchev–Trinajstić information content (AvgIpc) is 2.35. The Morgan fingerprint density at radius 2 is 1.94 bits per heavy atom. The molecule has 3 heteroatoms. The topological polar surface area (TPSA) is 49.5 Å². The van der Waals surface area contributed by atoms with Crippen molar-refractivity contribution in [2.24, 2.45) is 11.7 Å². The van der Waals surface area contributed by atoms with E-state index in [2.05, 4.69) is 4.90 Å². The molecule has 0 spiro atoms. The molecule has 1 fully saturated rings. The minimum atomic E-state index is 0.414. The van der Waals surface area contributed by atoms with Crippen LogP contribution in [0.5, 0.6) is 5.75 Å². The first-order valence-corrected chi connectivity index (χ1v) is 6.49. The van der Waals surface area contributed by atoms with Crippen LogP contribution in [0.25, 0.3) is 0 Å². The maximum atomic E-state index is 9.73. The van der Waals surface area contributed by atoms with Crippen LogP contribution >= 0.6 is 0 Å². The van der Waals surface area contributed by atoms with Crippen molar-refractivity contribution >= 4 is 0 Å². The van der Waals surface area contributed by atoms with Crippen LogP contribution in [0.3, 0.4) is 0 Å². The monoisotopic (exact) mass is 234 g/mol. The Hall–Kier alpha value is -1.06. The molecule has 3 nitrogen and oxygen atoms in total. The molecule has 0 amide bonds.